The Morgan fingerprint density at radius 1 is 1.00 bits per heavy atom. The van der Waals surface area contributed by atoms with Gasteiger partial charge in [-0.3, -0.25) is 0 Å². The Hall–Kier alpha value is -1.91. The summed E-state index contributed by atoms with van der Waals surface area (Å²) in [5.74, 6) is 0. The fraction of sp³-hybridized carbons (Fsp3) is 0.263. The maximum absolute atomic E-state index is 13.0. The Labute approximate surface area is 139 Å². The standard InChI is InChI=1S/C19H23NO2S/c1-16(2)13-14-20(15-18-7-5-4-6-8-18)23(21,22)19-11-9-17(3)10-12-19/h4-13H,14-15H2,1-3H3. The lowest BCUT2D eigenvalue weighted by Crippen LogP contribution is -2.31. The van der Waals surface area contributed by atoms with E-state index >= 15 is 0 Å². The van der Waals surface area contributed by atoms with Gasteiger partial charge >= 0.3 is 0 Å². The first-order chi connectivity index (χ1) is 10.9. The number of nitrogens with zero attached hydrogens (tertiary/aromatic N) is 1. The van der Waals surface area contributed by atoms with Crippen LogP contribution in [0, 0.1) is 6.92 Å². The van der Waals surface area contributed by atoms with Crippen LogP contribution in [0.3, 0.4) is 0 Å². The van der Waals surface area contributed by atoms with Gasteiger partial charge in [0.15, 0.2) is 0 Å². The van der Waals surface area contributed by atoms with E-state index in [1.807, 2.05) is 69.3 Å². The van der Waals surface area contributed by atoms with E-state index in [9.17, 15) is 8.42 Å². The number of aryl methyl sites for hydroxylation is 1. The highest BCUT2D eigenvalue weighted by molar-refractivity contribution is 7.89. The first-order valence-electron chi connectivity index (χ1n) is 7.64. The van der Waals surface area contributed by atoms with Crippen molar-refractivity contribution in [3.8, 4) is 0 Å². The summed E-state index contributed by atoms with van der Waals surface area (Å²) in [6.07, 6.45) is 1.94. The molecule has 0 amide bonds. The van der Waals surface area contributed by atoms with Crippen LogP contribution in [0.25, 0.3) is 0 Å². The zero-order valence-electron chi connectivity index (χ0n) is 13.9. The average molecular weight is 329 g/mol. The third-order valence-corrected chi connectivity index (χ3v) is 5.39. The van der Waals surface area contributed by atoms with Gasteiger partial charge < -0.3 is 0 Å². The number of rotatable bonds is 6. The molecule has 2 aromatic rings. The van der Waals surface area contributed by atoms with E-state index in [0.717, 1.165) is 16.7 Å². The molecule has 0 heterocycles. The van der Waals surface area contributed by atoms with Crippen LogP contribution in [0.5, 0.6) is 0 Å². The van der Waals surface area contributed by atoms with Crippen LogP contribution < -0.4 is 0 Å². The van der Waals surface area contributed by atoms with Gasteiger partial charge in [-0.05, 0) is 38.5 Å². The summed E-state index contributed by atoms with van der Waals surface area (Å²) in [5, 5.41) is 0. The molecular formula is C19H23NO2S. The largest absolute Gasteiger partial charge is 0.243 e. The molecular weight excluding hydrogens is 306 g/mol. The number of sulfonamides is 1. The van der Waals surface area contributed by atoms with Gasteiger partial charge in [0.25, 0.3) is 0 Å². The summed E-state index contributed by atoms with van der Waals surface area (Å²) in [6.45, 7) is 6.62. The topological polar surface area (TPSA) is 37.4 Å². The smallest absolute Gasteiger partial charge is 0.207 e. The van der Waals surface area contributed by atoms with E-state index in [0.29, 0.717) is 18.0 Å². The average Bonchev–Trinajstić information content (AvgIpc) is 2.52. The van der Waals surface area contributed by atoms with Crippen LogP contribution in [-0.2, 0) is 16.6 Å². The molecule has 0 aliphatic carbocycles. The summed E-state index contributed by atoms with van der Waals surface area (Å²) in [4.78, 5) is 0.334. The second-order valence-electron chi connectivity index (χ2n) is 5.88. The van der Waals surface area contributed by atoms with Crippen molar-refractivity contribution in [2.45, 2.75) is 32.2 Å². The zero-order chi connectivity index (χ0) is 16.9. The SMILES string of the molecule is CC(C)=CCN(Cc1ccccc1)S(=O)(=O)c1ccc(C)cc1. The lowest BCUT2D eigenvalue weighted by Gasteiger charge is -2.21. The van der Waals surface area contributed by atoms with Gasteiger partial charge in [-0.1, -0.05) is 59.7 Å². The Bertz CT molecular complexity index is 759. The normalized spacial score (nSPS) is 11.5. The first kappa shape index (κ1) is 17.4. The highest BCUT2D eigenvalue weighted by Crippen LogP contribution is 2.19. The van der Waals surface area contributed by atoms with Crippen molar-refractivity contribution in [2.75, 3.05) is 6.54 Å². The molecule has 0 saturated carbocycles. The number of benzene rings is 2. The van der Waals surface area contributed by atoms with Crippen LogP contribution >= 0.6 is 0 Å². The van der Waals surface area contributed by atoms with E-state index in [2.05, 4.69) is 0 Å². The summed E-state index contributed by atoms with van der Waals surface area (Å²) in [5.41, 5.74) is 3.12. The number of hydrogen-bond donors (Lipinski definition) is 0. The van der Waals surface area contributed by atoms with Crippen molar-refractivity contribution in [3.05, 3.63) is 77.4 Å². The van der Waals surface area contributed by atoms with Gasteiger partial charge in [0.1, 0.15) is 0 Å². The maximum atomic E-state index is 13.0. The summed E-state index contributed by atoms with van der Waals surface area (Å²) in [6, 6.07) is 16.7. The third kappa shape index (κ3) is 4.78. The van der Waals surface area contributed by atoms with Crippen molar-refractivity contribution in [2.24, 2.45) is 0 Å². The fourth-order valence-corrected chi connectivity index (χ4v) is 3.55. The molecule has 4 heteroatoms. The Kier molecular flexibility index (Phi) is 5.74. The molecule has 3 nitrogen and oxygen atoms in total. The predicted molar refractivity (Wildman–Crippen MR) is 94.6 cm³/mol. The van der Waals surface area contributed by atoms with Crippen LogP contribution in [0.15, 0.2) is 71.1 Å². The van der Waals surface area contributed by atoms with Crippen LogP contribution in [0.2, 0.25) is 0 Å². The Morgan fingerprint density at radius 3 is 2.17 bits per heavy atom. The first-order valence-corrected chi connectivity index (χ1v) is 9.08. The zero-order valence-corrected chi connectivity index (χ0v) is 14.7. The van der Waals surface area contributed by atoms with Crippen molar-refractivity contribution >= 4 is 10.0 Å². The molecule has 0 atom stereocenters. The summed E-state index contributed by atoms with van der Waals surface area (Å²) in [7, 11) is -3.52. The second kappa shape index (κ2) is 7.57. The van der Waals surface area contributed by atoms with Crippen LogP contribution in [0.1, 0.15) is 25.0 Å². The molecule has 0 bridgehead atoms. The van der Waals surface area contributed by atoms with Gasteiger partial charge in [-0.25, -0.2) is 8.42 Å². The number of allylic oxidation sites excluding steroid dienone is 1. The molecule has 122 valence electrons. The van der Waals surface area contributed by atoms with Crippen molar-refractivity contribution < 1.29 is 8.42 Å². The van der Waals surface area contributed by atoms with Gasteiger partial charge in [0.2, 0.25) is 10.0 Å². The monoisotopic (exact) mass is 329 g/mol. The van der Waals surface area contributed by atoms with Gasteiger partial charge in [0.05, 0.1) is 4.90 Å². The quantitative estimate of drug-likeness (QED) is 0.747. The molecule has 0 fully saturated rings. The molecule has 2 aromatic carbocycles. The molecule has 0 N–H and O–H groups in total. The minimum atomic E-state index is -3.52. The Balaban J connectivity index is 2.35. The van der Waals surface area contributed by atoms with E-state index in [1.165, 1.54) is 4.31 Å². The number of hydrogen-bond acceptors (Lipinski definition) is 2. The predicted octanol–water partition coefficient (Wildman–Crippen LogP) is 4.15. The lowest BCUT2D eigenvalue weighted by molar-refractivity contribution is 0.437. The molecule has 0 aromatic heterocycles. The fourth-order valence-electron chi connectivity index (χ4n) is 2.18. The molecule has 0 saturated heterocycles. The van der Waals surface area contributed by atoms with E-state index in [4.69, 9.17) is 0 Å². The van der Waals surface area contributed by atoms with E-state index in [-0.39, 0.29) is 0 Å². The molecule has 0 unspecified atom stereocenters. The maximum Gasteiger partial charge on any atom is 0.243 e. The van der Waals surface area contributed by atoms with Crippen LogP contribution in [0.4, 0.5) is 0 Å². The van der Waals surface area contributed by atoms with E-state index in [1.54, 1.807) is 12.1 Å². The van der Waals surface area contributed by atoms with Gasteiger partial charge in [-0.15, -0.1) is 0 Å². The molecule has 0 spiro atoms. The minimum absolute atomic E-state index is 0.334. The van der Waals surface area contributed by atoms with Crippen molar-refractivity contribution in [1.29, 1.82) is 0 Å². The summed E-state index contributed by atoms with van der Waals surface area (Å²) < 4.78 is 27.4. The second-order valence-corrected chi connectivity index (χ2v) is 7.82. The molecule has 2 rings (SSSR count). The summed E-state index contributed by atoms with van der Waals surface area (Å²) >= 11 is 0. The lowest BCUT2D eigenvalue weighted by atomic mass is 10.2. The van der Waals surface area contributed by atoms with Crippen molar-refractivity contribution in [1.82, 2.24) is 4.31 Å². The van der Waals surface area contributed by atoms with Crippen LogP contribution in [-0.4, -0.2) is 19.3 Å². The highest BCUT2D eigenvalue weighted by atomic mass is 32.2. The molecule has 0 radical (unpaired) electrons. The minimum Gasteiger partial charge on any atom is -0.207 e. The molecule has 0 aliphatic heterocycles. The van der Waals surface area contributed by atoms with Gasteiger partial charge in [0, 0.05) is 13.1 Å². The van der Waals surface area contributed by atoms with Gasteiger partial charge in [-0.2, -0.15) is 4.31 Å². The molecule has 0 aliphatic rings. The van der Waals surface area contributed by atoms with Crippen molar-refractivity contribution in [3.63, 3.8) is 0 Å². The molecule has 23 heavy (non-hydrogen) atoms. The third-order valence-electron chi connectivity index (χ3n) is 3.56. The Morgan fingerprint density at radius 2 is 1.61 bits per heavy atom. The highest BCUT2D eigenvalue weighted by Gasteiger charge is 2.23. The van der Waals surface area contributed by atoms with E-state index < -0.39 is 10.0 Å².